The number of hydrogen-bond acceptors (Lipinski definition) is 2. The van der Waals surface area contributed by atoms with Crippen LogP contribution >= 0.6 is 0 Å². The number of esters is 1. The van der Waals surface area contributed by atoms with E-state index in [4.69, 9.17) is 4.74 Å². The number of hydrogen-bond donors (Lipinski definition) is 0. The molecule has 0 N–H and O–H groups in total. The maximum Gasteiger partial charge on any atom is 0.306 e. The summed E-state index contributed by atoms with van der Waals surface area (Å²) in [5, 5.41) is 0. The highest BCUT2D eigenvalue weighted by molar-refractivity contribution is 5.69. The van der Waals surface area contributed by atoms with Crippen LogP contribution in [0.15, 0.2) is 12.2 Å². The summed E-state index contributed by atoms with van der Waals surface area (Å²) in [7, 11) is 0. The molecule has 0 rings (SSSR count). The smallest absolute Gasteiger partial charge is 0.306 e. The van der Waals surface area contributed by atoms with Gasteiger partial charge in [-0.3, -0.25) is 4.79 Å². The molecule has 0 aromatic rings. The Balaban J connectivity index is 3.21. The summed E-state index contributed by atoms with van der Waals surface area (Å²) in [5.41, 5.74) is 0. The topological polar surface area (TPSA) is 26.3 Å². The highest BCUT2D eigenvalue weighted by Crippen LogP contribution is 2.14. The number of ether oxygens (including phenoxy) is 1. The van der Waals surface area contributed by atoms with E-state index >= 15 is 0 Å². The molecule has 0 aromatic heterocycles. The first-order valence-corrected chi connectivity index (χ1v) is 15.6. The van der Waals surface area contributed by atoms with Crippen LogP contribution in [0.5, 0.6) is 0 Å². The molecule has 0 heterocycles. The minimum absolute atomic E-state index is 0.0255. The van der Waals surface area contributed by atoms with Crippen molar-refractivity contribution in [3.05, 3.63) is 12.2 Å². The summed E-state index contributed by atoms with van der Waals surface area (Å²) in [5.74, 6) is -0.0255. The van der Waals surface area contributed by atoms with Crippen LogP contribution in [0.4, 0.5) is 0 Å². The highest BCUT2D eigenvalue weighted by atomic mass is 16.5. The number of carbonyl (C=O) groups excluding carboxylic acids is 1. The average Bonchev–Trinajstić information content (AvgIpc) is 2.84. The molecule has 0 amide bonds. The summed E-state index contributed by atoms with van der Waals surface area (Å²) in [6.45, 7) is 5.01. The van der Waals surface area contributed by atoms with E-state index in [2.05, 4.69) is 19.9 Å². The number of unbranched alkanes of at least 4 members (excludes halogenated alkanes) is 23. The van der Waals surface area contributed by atoms with Crippen molar-refractivity contribution in [1.29, 1.82) is 0 Å². The van der Waals surface area contributed by atoms with Crippen molar-refractivity contribution < 1.29 is 9.53 Å². The third-order valence-corrected chi connectivity index (χ3v) is 6.97. The zero-order chi connectivity index (χ0) is 24.8. The Bertz CT molecular complexity index is 415. The molecule has 2 heteroatoms. The van der Waals surface area contributed by atoms with E-state index in [0.717, 1.165) is 12.8 Å². The van der Waals surface area contributed by atoms with Gasteiger partial charge in [-0.25, -0.2) is 0 Å². The van der Waals surface area contributed by atoms with Gasteiger partial charge in [0.2, 0.25) is 0 Å². The first-order chi connectivity index (χ1) is 16.8. The van der Waals surface area contributed by atoms with Crippen LogP contribution in [0.1, 0.15) is 181 Å². The molecule has 34 heavy (non-hydrogen) atoms. The van der Waals surface area contributed by atoms with Crippen LogP contribution in [0, 0.1) is 0 Å². The Morgan fingerprint density at radius 3 is 1.24 bits per heavy atom. The largest absolute Gasteiger partial charge is 0.461 e. The standard InChI is InChI=1S/C32H62O2/c1-3-5-7-9-11-13-15-17-18-19-20-22-24-26-28-30-32(33)34-31-29-27-25-23-21-16-14-12-10-8-6-4-2/h27,29H,3-26,28,30-31H2,1-2H3/b29-27+. The Kier molecular flexibility index (Phi) is 29.5. The summed E-state index contributed by atoms with van der Waals surface area (Å²) in [6, 6.07) is 0. The predicted molar refractivity (Wildman–Crippen MR) is 151 cm³/mol. The molecular formula is C32H62O2. The van der Waals surface area contributed by atoms with E-state index in [-0.39, 0.29) is 5.97 Å². The van der Waals surface area contributed by atoms with Crippen LogP contribution in [0.3, 0.4) is 0 Å². The van der Waals surface area contributed by atoms with Crippen LogP contribution < -0.4 is 0 Å². The van der Waals surface area contributed by atoms with Crippen molar-refractivity contribution in [3.8, 4) is 0 Å². The number of carbonyl (C=O) groups is 1. The van der Waals surface area contributed by atoms with Crippen LogP contribution in [0.2, 0.25) is 0 Å². The summed E-state index contributed by atoms with van der Waals surface area (Å²) < 4.78 is 5.33. The molecule has 0 aromatic carbocycles. The fraction of sp³-hybridized carbons (Fsp3) is 0.906. The zero-order valence-corrected chi connectivity index (χ0v) is 23.6. The molecular weight excluding hydrogens is 416 g/mol. The van der Waals surface area contributed by atoms with Crippen molar-refractivity contribution in [2.24, 2.45) is 0 Å². The maximum atomic E-state index is 11.8. The summed E-state index contributed by atoms with van der Waals surface area (Å²) in [6.07, 6.45) is 38.5. The molecule has 0 aliphatic heterocycles. The van der Waals surface area contributed by atoms with Crippen molar-refractivity contribution >= 4 is 5.97 Å². The zero-order valence-electron chi connectivity index (χ0n) is 23.6. The number of rotatable bonds is 28. The molecule has 0 saturated heterocycles. The highest BCUT2D eigenvalue weighted by Gasteiger charge is 2.01. The van der Waals surface area contributed by atoms with Crippen molar-refractivity contribution in [3.63, 3.8) is 0 Å². The van der Waals surface area contributed by atoms with Gasteiger partial charge in [0.05, 0.1) is 0 Å². The molecule has 0 spiro atoms. The van der Waals surface area contributed by atoms with Crippen LogP contribution in [-0.4, -0.2) is 12.6 Å². The minimum Gasteiger partial charge on any atom is -0.461 e. The van der Waals surface area contributed by atoms with Gasteiger partial charge in [0.1, 0.15) is 6.61 Å². The van der Waals surface area contributed by atoms with Gasteiger partial charge in [0.25, 0.3) is 0 Å². The summed E-state index contributed by atoms with van der Waals surface area (Å²) in [4.78, 5) is 11.8. The van der Waals surface area contributed by atoms with E-state index in [1.165, 1.54) is 148 Å². The molecule has 0 atom stereocenters. The Hall–Kier alpha value is -0.790. The first kappa shape index (κ1) is 33.2. The molecule has 0 saturated carbocycles. The second-order valence-electron chi connectivity index (χ2n) is 10.5. The van der Waals surface area contributed by atoms with E-state index in [1.54, 1.807) is 0 Å². The fourth-order valence-electron chi connectivity index (χ4n) is 4.61. The Morgan fingerprint density at radius 1 is 0.471 bits per heavy atom. The molecule has 0 radical (unpaired) electrons. The van der Waals surface area contributed by atoms with E-state index in [1.807, 2.05) is 6.08 Å². The van der Waals surface area contributed by atoms with Crippen LogP contribution in [0.25, 0.3) is 0 Å². The molecule has 0 aliphatic rings. The monoisotopic (exact) mass is 478 g/mol. The lowest BCUT2D eigenvalue weighted by molar-refractivity contribution is -0.142. The fourth-order valence-corrected chi connectivity index (χ4v) is 4.61. The second kappa shape index (κ2) is 30.2. The Morgan fingerprint density at radius 2 is 0.824 bits per heavy atom. The number of allylic oxidation sites excluding steroid dienone is 1. The molecule has 2 nitrogen and oxygen atoms in total. The lowest BCUT2D eigenvalue weighted by atomic mass is 10.0. The lowest BCUT2D eigenvalue weighted by Crippen LogP contribution is -2.03. The van der Waals surface area contributed by atoms with Crippen molar-refractivity contribution in [2.45, 2.75) is 181 Å². The van der Waals surface area contributed by atoms with Crippen molar-refractivity contribution in [1.82, 2.24) is 0 Å². The quantitative estimate of drug-likeness (QED) is 0.0634. The lowest BCUT2D eigenvalue weighted by Gasteiger charge is -2.04. The summed E-state index contributed by atoms with van der Waals surface area (Å²) >= 11 is 0. The normalized spacial score (nSPS) is 11.5. The Labute approximate surface area is 215 Å². The molecule has 202 valence electrons. The van der Waals surface area contributed by atoms with Gasteiger partial charge in [-0.2, -0.15) is 0 Å². The first-order valence-electron chi connectivity index (χ1n) is 15.6. The van der Waals surface area contributed by atoms with E-state index < -0.39 is 0 Å². The van der Waals surface area contributed by atoms with Gasteiger partial charge >= 0.3 is 5.97 Å². The van der Waals surface area contributed by atoms with Gasteiger partial charge in [-0.05, 0) is 19.3 Å². The van der Waals surface area contributed by atoms with Gasteiger partial charge in [-0.15, -0.1) is 0 Å². The van der Waals surface area contributed by atoms with E-state index in [0.29, 0.717) is 13.0 Å². The van der Waals surface area contributed by atoms with Crippen LogP contribution in [-0.2, 0) is 9.53 Å². The average molecular weight is 479 g/mol. The van der Waals surface area contributed by atoms with Gasteiger partial charge in [0, 0.05) is 6.42 Å². The third-order valence-electron chi connectivity index (χ3n) is 6.97. The molecule has 0 bridgehead atoms. The van der Waals surface area contributed by atoms with Crippen molar-refractivity contribution in [2.75, 3.05) is 6.61 Å². The van der Waals surface area contributed by atoms with E-state index in [9.17, 15) is 4.79 Å². The molecule has 0 aliphatic carbocycles. The van der Waals surface area contributed by atoms with Gasteiger partial charge < -0.3 is 4.74 Å². The maximum absolute atomic E-state index is 11.8. The van der Waals surface area contributed by atoms with Gasteiger partial charge in [-0.1, -0.05) is 167 Å². The molecule has 0 unspecified atom stereocenters. The SMILES string of the molecule is CCCCCCCCCCC/C=C/COC(=O)CCCCCCCCCCCCCCCCC. The molecule has 0 fully saturated rings. The van der Waals surface area contributed by atoms with Gasteiger partial charge in [0.15, 0.2) is 0 Å². The minimum atomic E-state index is -0.0255. The third kappa shape index (κ3) is 29.2. The second-order valence-corrected chi connectivity index (χ2v) is 10.5. The predicted octanol–water partition coefficient (Wildman–Crippen LogP) is 11.3.